The summed E-state index contributed by atoms with van der Waals surface area (Å²) in [6.07, 6.45) is 3.16. The van der Waals surface area contributed by atoms with Gasteiger partial charge in [0.15, 0.2) is 11.6 Å². The lowest BCUT2D eigenvalue weighted by atomic mass is 9.81. The summed E-state index contributed by atoms with van der Waals surface area (Å²) < 4.78 is 18.7. The second-order valence-corrected chi connectivity index (χ2v) is 6.22. The highest BCUT2D eigenvalue weighted by Gasteiger charge is 2.26. The smallest absolute Gasteiger partial charge is 0.220 e. The van der Waals surface area contributed by atoms with Crippen LogP contribution < -0.4 is 15.4 Å². The topological polar surface area (TPSA) is 50.4 Å². The van der Waals surface area contributed by atoms with E-state index in [1.165, 1.54) is 6.07 Å². The SMILES string of the molecule is CC1(CNC(=O)CCCOc2ccccc2F)CCNCC1.Cl. The molecular formula is C17H26ClFN2O2. The highest BCUT2D eigenvalue weighted by molar-refractivity contribution is 5.85. The van der Waals surface area contributed by atoms with Crippen LogP contribution in [0.3, 0.4) is 0 Å². The highest BCUT2D eigenvalue weighted by atomic mass is 35.5. The Kier molecular flexibility index (Phi) is 8.34. The van der Waals surface area contributed by atoms with E-state index in [-0.39, 0.29) is 35.3 Å². The van der Waals surface area contributed by atoms with Crippen LogP contribution in [0.2, 0.25) is 0 Å². The molecule has 0 aliphatic carbocycles. The van der Waals surface area contributed by atoms with Crippen molar-refractivity contribution in [3.8, 4) is 5.75 Å². The van der Waals surface area contributed by atoms with Crippen molar-refractivity contribution in [3.05, 3.63) is 30.1 Å². The maximum atomic E-state index is 13.3. The monoisotopic (exact) mass is 344 g/mol. The maximum absolute atomic E-state index is 13.3. The van der Waals surface area contributed by atoms with Gasteiger partial charge in [-0.3, -0.25) is 4.79 Å². The van der Waals surface area contributed by atoms with E-state index in [9.17, 15) is 9.18 Å². The third-order valence-corrected chi connectivity index (χ3v) is 4.17. The van der Waals surface area contributed by atoms with Crippen LogP contribution in [-0.4, -0.2) is 32.1 Å². The Labute approximate surface area is 143 Å². The first kappa shape index (κ1) is 19.7. The van der Waals surface area contributed by atoms with Crippen LogP contribution in [0.1, 0.15) is 32.6 Å². The molecule has 2 N–H and O–H groups in total. The molecule has 130 valence electrons. The number of rotatable bonds is 7. The molecule has 1 aromatic rings. The lowest BCUT2D eigenvalue weighted by molar-refractivity contribution is -0.121. The van der Waals surface area contributed by atoms with E-state index < -0.39 is 0 Å². The van der Waals surface area contributed by atoms with Crippen LogP contribution in [0.15, 0.2) is 24.3 Å². The fourth-order valence-corrected chi connectivity index (χ4v) is 2.58. The van der Waals surface area contributed by atoms with Gasteiger partial charge in [0.25, 0.3) is 0 Å². The van der Waals surface area contributed by atoms with E-state index in [2.05, 4.69) is 17.6 Å². The quantitative estimate of drug-likeness (QED) is 0.748. The van der Waals surface area contributed by atoms with Gasteiger partial charge in [0.05, 0.1) is 6.61 Å². The third-order valence-electron chi connectivity index (χ3n) is 4.17. The number of para-hydroxylation sites is 1. The highest BCUT2D eigenvalue weighted by Crippen LogP contribution is 2.26. The van der Waals surface area contributed by atoms with Gasteiger partial charge in [-0.1, -0.05) is 19.1 Å². The third kappa shape index (κ3) is 6.75. The summed E-state index contributed by atoms with van der Waals surface area (Å²) in [7, 11) is 0. The predicted octanol–water partition coefficient (Wildman–Crippen LogP) is 2.91. The van der Waals surface area contributed by atoms with Gasteiger partial charge in [-0.2, -0.15) is 0 Å². The summed E-state index contributed by atoms with van der Waals surface area (Å²) in [5.74, 6) is -0.0900. The number of carbonyl (C=O) groups is 1. The lowest BCUT2D eigenvalue weighted by Gasteiger charge is -2.34. The van der Waals surface area contributed by atoms with Gasteiger partial charge in [-0.15, -0.1) is 12.4 Å². The van der Waals surface area contributed by atoms with E-state index >= 15 is 0 Å². The fraction of sp³-hybridized carbons (Fsp3) is 0.588. The predicted molar refractivity (Wildman–Crippen MR) is 91.6 cm³/mol. The Balaban J connectivity index is 0.00000264. The van der Waals surface area contributed by atoms with Crippen LogP contribution in [0.25, 0.3) is 0 Å². The molecule has 4 nitrogen and oxygen atoms in total. The van der Waals surface area contributed by atoms with Gasteiger partial charge in [0, 0.05) is 13.0 Å². The first-order chi connectivity index (χ1) is 10.6. The summed E-state index contributed by atoms with van der Waals surface area (Å²) in [5, 5.41) is 6.34. The summed E-state index contributed by atoms with van der Waals surface area (Å²) in [4.78, 5) is 11.8. The van der Waals surface area contributed by atoms with E-state index in [0.29, 0.717) is 19.4 Å². The number of nitrogens with one attached hydrogen (secondary N) is 2. The largest absolute Gasteiger partial charge is 0.491 e. The van der Waals surface area contributed by atoms with E-state index in [0.717, 1.165) is 32.5 Å². The van der Waals surface area contributed by atoms with Crippen molar-refractivity contribution >= 4 is 18.3 Å². The van der Waals surface area contributed by atoms with Crippen LogP contribution >= 0.6 is 12.4 Å². The standard InChI is InChI=1S/C17H25FN2O2.ClH/c1-17(8-10-19-11-9-17)13-20-16(21)7-4-12-22-15-6-3-2-5-14(15)18;/h2-3,5-6,19H,4,7-13H2,1H3,(H,20,21);1H. The Morgan fingerprint density at radius 2 is 2.04 bits per heavy atom. The number of ether oxygens (including phenoxy) is 1. The summed E-state index contributed by atoms with van der Waals surface area (Å²) in [6, 6.07) is 6.30. The normalized spacial score (nSPS) is 16.3. The van der Waals surface area contributed by atoms with Crippen molar-refractivity contribution in [2.24, 2.45) is 5.41 Å². The molecule has 0 unspecified atom stereocenters. The van der Waals surface area contributed by atoms with Gasteiger partial charge in [0.2, 0.25) is 5.91 Å². The number of piperidine rings is 1. The molecule has 1 fully saturated rings. The molecule has 0 spiro atoms. The molecule has 2 rings (SSSR count). The fourth-order valence-electron chi connectivity index (χ4n) is 2.58. The van der Waals surface area contributed by atoms with Gasteiger partial charge in [-0.05, 0) is 49.9 Å². The number of halogens is 2. The molecule has 0 radical (unpaired) electrons. The van der Waals surface area contributed by atoms with Crippen LogP contribution in [0.5, 0.6) is 5.75 Å². The number of carbonyl (C=O) groups excluding carboxylic acids is 1. The average Bonchev–Trinajstić information content (AvgIpc) is 2.52. The number of benzene rings is 1. The molecule has 0 aromatic heterocycles. The molecule has 1 heterocycles. The molecule has 23 heavy (non-hydrogen) atoms. The minimum absolute atomic E-state index is 0. The molecule has 1 aromatic carbocycles. The van der Waals surface area contributed by atoms with Crippen molar-refractivity contribution in [2.45, 2.75) is 32.6 Å². The number of hydrogen-bond acceptors (Lipinski definition) is 3. The van der Waals surface area contributed by atoms with E-state index in [1.807, 2.05) is 0 Å². The Bertz CT molecular complexity index is 493. The second kappa shape index (κ2) is 9.73. The number of hydrogen-bond donors (Lipinski definition) is 2. The zero-order chi connectivity index (χ0) is 15.8. The minimum atomic E-state index is -0.370. The molecule has 1 aliphatic rings. The van der Waals surface area contributed by atoms with Gasteiger partial charge in [0.1, 0.15) is 0 Å². The van der Waals surface area contributed by atoms with E-state index in [4.69, 9.17) is 4.74 Å². The van der Waals surface area contributed by atoms with Crippen LogP contribution in [0.4, 0.5) is 4.39 Å². The number of amides is 1. The molecule has 1 amide bonds. The van der Waals surface area contributed by atoms with Crippen LogP contribution in [-0.2, 0) is 4.79 Å². The molecule has 0 saturated carbocycles. The second-order valence-electron chi connectivity index (χ2n) is 6.22. The summed E-state index contributed by atoms with van der Waals surface area (Å²) in [5.41, 5.74) is 0.199. The minimum Gasteiger partial charge on any atom is -0.491 e. The zero-order valence-corrected chi connectivity index (χ0v) is 14.4. The molecule has 0 atom stereocenters. The Morgan fingerprint density at radius 1 is 1.35 bits per heavy atom. The Morgan fingerprint density at radius 3 is 2.74 bits per heavy atom. The van der Waals surface area contributed by atoms with Gasteiger partial charge in [-0.25, -0.2) is 4.39 Å². The average molecular weight is 345 g/mol. The van der Waals surface area contributed by atoms with Crippen LogP contribution in [0, 0.1) is 11.2 Å². The van der Waals surface area contributed by atoms with Crippen molar-refractivity contribution in [3.63, 3.8) is 0 Å². The van der Waals surface area contributed by atoms with Gasteiger partial charge >= 0.3 is 0 Å². The molecule has 0 bridgehead atoms. The van der Waals surface area contributed by atoms with Crippen molar-refractivity contribution in [1.29, 1.82) is 0 Å². The van der Waals surface area contributed by atoms with Crippen molar-refractivity contribution in [1.82, 2.24) is 10.6 Å². The van der Waals surface area contributed by atoms with Crippen molar-refractivity contribution in [2.75, 3.05) is 26.2 Å². The first-order valence-electron chi connectivity index (χ1n) is 7.94. The maximum Gasteiger partial charge on any atom is 0.220 e. The lowest BCUT2D eigenvalue weighted by Crippen LogP contribution is -2.42. The Hall–Kier alpha value is -1.33. The molecule has 1 aliphatic heterocycles. The zero-order valence-electron chi connectivity index (χ0n) is 13.6. The summed E-state index contributed by atoms with van der Waals surface area (Å²) >= 11 is 0. The van der Waals surface area contributed by atoms with E-state index in [1.54, 1.807) is 18.2 Å². The first-order valence-corrected chi connectivity index (χ1v) is 7.94. The van der Waals surface area contributed by atoms with Gasteiger partial charge < -0.3 is 15.4 Å². The molecule has 1 saturated heterocycles. The summed E-state index contributed by atoms with van der Waals surface area (Å²) in [6.45, 7) is 5.32. The van der Waals surface area contributed by atoms with Crippen molar-refractivity contribution < 1.29 is 13.9 Å². The molecule has 6 heteroatoms. The molecular weight excluding hydrogens is 319 g/mol.